The van der Waals surface area contributed by atoms with Crippen LogP contribution in [0.2, 0.25) is 5.02 Å². The van der Waals surface area contributed by atoms with E-state index in [0.29, 0.717) is 29.9 Å². The molecule has 1 aliphatic carbocycles. The number of fused-ring (bicyclic) bond motifs is 1. The van der Waals surface area contributed by atoms with Crippen molar-refractivity contribution in [3.63, 3.8) is 0 Å². The molecule has 0 bridgehead atoms. The minimum Gasteiger partial charge on any atom is -0.366 e. The van der Waals surface area contributed by atoms with E-state index < -0.39 is 0 Å². The van der Waals surface area contributed by atoms with E-state index in [2.05, 4.69) is 23.3 Å². The predicted molar refractivity (Wildman–Crippen MR) is 109 cm³/mol. The number of aryl methyl sites for hydroxylation is 1. The van der Waals surface area contributed by atoms with Crippen LogP contribution in [0.1, 0.15) is 60.8 Å². The maximum atomic E-state index is 14.6. The largest absolute Gasteiger partial charge is 0.366 e. The Labute approximate surface area is 167 Å². The zero-order valence-electron chi connectivity index (χ0n) is 15.6. The molecule has 2 unspecified atom stereocenters. The molecule has 0 spiro atoms. The summed E-state index contributed by atoms with van der Waals surface area (Å²) in [6, 6.07) is 9.10. The van der Waals surface area contributed by atoms with Crippen LogP contribution in [0.3, 0.4) is 0 Å². The second-order valence-electron chi connectivity index (χ2n) is 7.13. The predicted octanol–water partition coefficient (Wildman–Crippen LogP) is 6.19. The maximum Gasteiger partial charge on any atom is 0.167 e. The van der Waals surface area contributed by atoms with Gasteiger partial charge in [0.15, 0.2) is 5.75 Å². The number of hydrogen-bond donors (Lipinski definition) is 0. The fraction of sp³-hybridized carbons (Fsp3) is 0.429. The second kappa shape index (κ2) is 9.34. The van der Waals surface area contributed by atoms with E-state index in [1.807, 2.05) is 18.2 Å². The summed E-state index contributed by atoms with van der Waals surface area (Å²) in [7, 11) is 2.20. The van der Waals surface area contributed by atoms with Gasteiger partial charge in [-0.3, -0.25) is 0 Å². The molecule has 146 valence electrons. The average Bonchev–Trinajstić information content (AvgIpc) is 3.06. The zero-order chi connectivity index (χ0) is 19.4. The molecular formula is C21H25ClFO3P. The Bertz CT molecular complexity index is 797. The zero-order valence-corrected chi connectivity index (χ0v) is 17.5. The van der Waals surface area contributed by atoms with Crippen LogP contribution in [0, 0.1) is 5.82 Å². The molecule has 27 heavy (non-hydrogen) atoms. The van der Waals surface area contributed by atoms with Crippen molar-refractivity contribution in [3.8, 4) is 5.75 Å². The van der Waals surface area contributed by atoms with E-state index in [0.717, 1.165) is 41.5 Å². The monoisotopic (exact) mass is 410 g/mol. The number of benzene rings is 2. The molecule has 0 radical (unpaired) electrons. The van der Waals surface area contributed by atoms with Crippen molar-refractivity contribution in [2.24, 2.45) is 0 Å². The minimum atomic E-state index is -0.173. The first-order valence-corrected chi connectivity index (χ1v) is 10.1. The van der Waals surface area contributed by atoms with Crippen LogP contribution in [0.4, 0.5) is 4.39 Å². The van der Waals surface area contributed by atoms with Gasteiger partial charge in [0.05, 0.1) is 13.2 Å². The third kappa shape index (κ3) is 4.81. The van der Waals surface area contributed by atoms with Crippen LogP contribution in [-0.4, -0.2) is 13.2 Å². The van der Waals surface area contributed by atoms with Crippen LogP contribution in [0.5, 0.6) is 5.75 Å². The summed E-state index contributed by atoms with van der Waals surface area (Å²) in [5.41, 5.74) is 3.96. The van der Waals surface area contributed by atoms with Crippen LogP contribution in [0.15, 0.2) is 30.3 Å². The molecule has 0 amide bonds. The Kier molecular flexibility index (Phi) is 7.10. The molecule has 2 atom stereocenters. The highest BCUT2D eigenvalue weighted by Crippen LogP contribution is 2.45. The fourth-order valence-corrected chi connectivity index (χ4v) is 4.07. The molecule has 0 N–H and O–H groups in total. The first-order chi connectivity index (χ1) is 13.0. The lowest BCUT2D eigenvalue weighted by molar-refractivity contribution is -0.208. The van der Waals surface area contributed by atoms with Crippen molar-refractivity contribution in [2.75, 3.05) is 13.2 Å². The van der Waals surface area contributed by atoms with Crippen molar-refractivity contribution in [2.45, 2.75) is 44.9 Å². The van der Waals surface area contributed by atoms with E-state index in [1.165, 1.54) is 0 Å². The van der Waals surface area contributed by atoms with Gasteiger partial charge in [0.1, 0.15) is 5.82 Å². The van der Waals surface area contributed by atoms with Crippen molar-refractivity contribution in [1.82, 2.24) is 0 Å². The van der Waals surface area contributed by atoms with E-state index in [1.54, 1.807) is 12.1 Å². The van der Waals surface area contributed by atoms with Gasteiger partial charge in [0.25, 0.3) is 0 Å². The number of rotatable bonds is 8. The summed E-state index contributed by atoms with van der Waals surface area (Å²) in [6.45, 7) is 5.24. The third-order valence-corrected chi connectivity index (χ3v) is 5.50. The number of hydrogen-bond acceptors (Lipinski definition) is 3. The highest BCUT2D eigenvalue weighted by molar-refractivity contribution is 7.09. The summed E-state index contributed by atoms with van der Waals surface area (Å²) < 4.78 is 19.4. The Hall–Kier alpha value is -1.19. The van der Waals surface area contributed by atoms with Crippen molar-refractivity contribution < 1.29 is 18.7 Å². The molecule has 0 aliphatic heterocycles. The van der Waals surface area contributed by atoms with Crippen molar-refractivity contribution in [1.29, 1.82) is 0 Å². The average molecular weight is 411 g/mol. The fourth-order valence-electron chi connectivity index (χ4n) is 3.55. The van der Waals surface area contributed by atoms with E-state index in [-0.39, 0.29) is 11.7 Å². The lowest BCUT2D eigenvalue weighted by Crippen LogP contribution is -2.04. The van der Waals surface area contributed by atoms with Crippen LogP contribution >= 0.6 is 21.1 Å². The second-order valence-corrected chi connectivity index (χ2v) is 7.87. The molecule has 1 aliphatic rings. The smallest absolute Gasteiger partial charge is 0.167 e. The van der Waals surface area contributed by atoms with Gasteiger partial charge < -0.3 is 9.41 Å². The molecule has 0 saturated heterocycles. The van der Waals surface area contributed by atoms with Crippen molar-refractivity contribution in [3.05, 3.63) is 63.4 Å². The van der Waals surface area contributed by atoms with Crippen LogP contribution in [-0.2, 0) is 15.8 Å². The van der Waals surface area contributed by atoms with Gasteiger partial charge in [0.2, 0.25) is 0 Å². The molecule has 0 aromatic heterocycles. The van der Waals surface area contributed by atoms with Crippen LogP contribution < -0.4 is 4.89 Å². The molecule has 0 fully saturated rings. The topological polar surface area (TPSA) is 27.7 Å². The first kappa shape index (κ1) is 20.5. The Morgan fingerprint density at radius 1 is 1.22 bits per heavy atom. The molecule has 3 rings (SSSR count). The van der Waals surface area contributed by atoms with Gasteiger partial charge in [-0.1, -0.05) is 37.6 Å². The van der Waals surface area contributed by atoms with Gasteiger partial charge >= 0.3 is 0 Å². The van der Waals surface area contributed by atoms with E-state index in [9.17, 15) is 4.39 Å². The molecule has 2 aromatic rings. The molecular weight excluding hydrogens is 386 g/mol. The lowest BCUT2D eigenvalue weighted by Gasteiger charge is -2.17. The van der Waals surface area contributed by atoms with Gasteiger partial charge in [0, 0.05) is 26.5 Å². The van der Waals surface area contributed by atoms with E-state index in [4.69, 9.17) is 25.9 Å². The minimum absolute atomic E-state index is 0.0274. The molecule has 2 aromatic carbocycles. The van der Waals surface area contributed by atoms with Gasteiger partial charge in [-0.15, -0.1) is 0 Å². The summed E-state index contributed by atoms with van der Waals surface area (Å²) in [5.74, 6) is 0.724. The highest BCUT2D eigenvalue weighted by atomic mass is 35.5. The SMILES string of the molecule is CC(C)c1ccc(F)c(C2CCc3cc(OOCCCOP)cc(Cl)c32)c1. The standard InChI is InChI=1S/C21H25ClFO3P/c1-13(2)14-5-7-20(23)18(11-14)17-6-4-15-10-16(12-19(22)21(15)17)26-24-8-3-9-25-27/h5,7,10-13,17H,3-4,6,8-9,27H2,1-2H3. The Morgan fingerprint density at radius 3 is 2.78 bits per heavy atom. The molecule has 6 heteroatoms. The van der Waals surface area contributed by atoms with Gasteiger partial charge in [-0.25, -0.2) is 4.39 Å². The third-order valence-electron chi connectivity index (χ3n) is 4.95. The molecule has 0 saturated carbocycles. The lowest BCUT2D eigenvalue weighted by atomic mass is 9.89. The van der Waals surface area contributed by atoms with Gasteiger partial charge in [-0.05, 0) is 59.6 Å². The number of halogens is 2. The quantitative estimate of drug-likeness (QED) is 0.225. The maximum absolute atomic E-state index is 14.6. The Morgan fingerprint density at radius 2 is 2.04 bits per heavy atom. The normalized spacial score (nSPS) is 16.0. The van der Waals surface area contributed by atoms with Crippen molar-refractivity contribution >= 4 is 21.1 Å². The summed E-state index contributed by atoms with van der Waals surface area (Å²) in [6.07, 6.45) is 2.40. The van der Waals surface area contributed by atoms with E-state index >= 15 is 0 Å². The highest BCUT2D eigenvalue weighted by Gasteiger charge is 2.29. The first-order valence-electron chi connectivity index (χ1n) is 9.24. The molecule has 0 heterocycles. The summed E-state index contributed by atoms with van der Waals surface area (Å²) in [4.78, 5) is 10.6. The van der Waals surface area contributed by atoms with Crippen LogP contribution in [0.25, 0.3) is 0 Å². The summed E-state index contributed by atoms with van der Waals surface area (Å²) in [5, 5.41) is 0.594. The summed E-state index contributed by atoms with van der Waals surface area (Å²) >= 11 is 6.56. The Balaban J connectivity index is 1.80. The molecule has 3 nitrogen and oxygen atoms in total. The van der Waals surface area contributed by atoms with Gasteiger partial charge in [-0.2, -0.15) is 4.89 Å².